The van der Waals surface area contributed by atoms with Gasteiger partial charge in [0.05, 0.1) is 6.10 Å². The second-order valence-electron chi connectivity index (χ2n) is 4.63. The molecule has 1 saturated heterocycles. The maximum Gasteiger partial charge on any atom is 0.222 e. The molecule has 0 unspecified atom stereocenters. The molecular weight excluding hydrogens is 214 g/mol. The third-order valence-electron chi connectivity index (χ3n) is 3.21. The highest BCUT2D eigenvalue weighted by atomic mass is 16.5. The first-order valence-electron chi connectivity index (χ1n) is 6.78. The zero-order valence-corrected chi connectivity index (χ0v) is 11.0. The van der Waals surface area contributed by atoms with Crippen LogP contribution in [0.5, 0.6) is 0 Å². The quantitative estimate of drug-likeness (QED) is 0.505. The third kappa shape index (κ3) is 5.35. The monoisotopic (exact) mass is 239 g/mol. The average Bonchev–Trinajstić information content (AvgIpc) is 2.37. The Labute approximate surface area is 105 Å². The molecule has 98 valence electrons. The van der Waals surface area contributed by atoms with Crippen molar-refractivity contribution in [3.05, 3.63) is 12.7 Å². The topological polar surface area (TPSA) is 29.5 Å². The van der Waals surface area contributed by atoms with Crippen molar-refractivity contribution in [3.63, 3.8) is 0 Å². The Morgan fingerprint density at radius 1 is 1.47 bits per heavy atom. The van der Waals surface area contributed by atoms with Crippen LogP contribution >= 0.6 is 0 Å². The van der Waals surface area contributed by atoms with Crippen LogP contribution in [0.25, 0.3) is 0 Å². The average molecular weight is 239 g/mol. The van der Waals surface area contributed by atoms with E-state index in [2.05, 4.69) is 13.5 Å². The Balaban J connectivity index is 2.16. The van der Waals surface area contributed by atoms with Crippen molar-refractivity contribution in [2.24, 2.45) is 0 Å². The van der Waals surface area contributed by atoms with Crippen molar-refractivity contribution < 1.29 is 9.53 Å². The van der Waals surface area contributed by atoms with Crippen LogP contribution in [0, 0.1) is 0 Å². The summed E-state index contributed by atoms with van der Waals surface area (Å²) in [6, 6.07) is 0. The van der Waals surface area contributed by atoms with Gasteiger partial charge in [-0.15, -0.1) is 6.58 Å². The van der Waals surface area contributed by atoms with Gasteiger partial charge in [0, 0.05) is 26.1 Å². The van der Waals surface area contributed by atoms with E-state index in [1.54, 1.807) is 6.08 Å². The van der Waals surface area contributed by atoms with E-state index in [1.165, 1.54) is 6.42 Å². The van der Waals surface area contributed by atoms with Gasteiger partial charge in [0.1, 0.15) is 0 Å². The van der Waals surface area contributed by atoms with Gasteiger partial charge < -0.3 is 9.64 Å². The highest BCUT2D eigenvalue weighted by Crippen LogP contribution is 2.15. The molecular formula is C14H25NO2. The summed E-state index contributed by atoms with van der Waals surface area (Å²) >= 11 is 0. The van der Waals surface area contributed by atoms with Crippen molar-refractivity contribution in [1.82, 2.24) is 4.90 Å². The van der Waals surface area contributed by atoms with E-state index in [-0.39, 0.29) is 5.91 Å². The zero-order chi connectivity index (χ0) is 12.5. The van der Waals surface area contributed by atoms with Crippen LogP contribution in [-0.2, 0) is 9.53 Å². The van der Waals surface area contributed by atoms with Gasteiger partial charge in [-0.3, -0.25) is 4.79 Å². The summed E-state index contributed by atoms with van der Waals surface area (Å²) in [5.74, 6) is 0.261. The van der Waals surface area contributed by atoms with Crippen LogP contribution in [0.4, 0.5) is 0 Å². The molecule has 0 saturated carbocycles. The van der Waals surface area contributed by atoms with Crippen molar-refractivity contribution in [1.29, 1.82) is 0 Å². The van der Waals surface area contributed by atoms with E-state index in [0.29, 0.717) is 12.5 Å². The van der Waals surface area contributed by atoms with Crippen LogP contribution in [0.1, 0.15) is 45.4 Å². The number of rotatable bonds is 7. The second kappa shape index (κ2) is 8.29. The lowest BCUT2D eigenvalue weighted by molar-refractivity contribution is -0.133. The molecule has 0 atom stereocenters. The van der Waals surface area contributed by atoms with Gasteiger partial charge in [-0.2, -0.15) is 0 Å². The highest BCUT2D eigenvalue weighted by Gasteiger charge is 2.22. The normalized spacial score (nSPS) is 17.1. The number of ether oxygens (including phenoxy) is 1. The van der Waals surface area contributed by atoms with Crippen molar-refractivity contribution in [2.45, 2.75) is 51.6 Å². The van der Waals surface area contributed by atoms with Crippen LogP contribution in [0.3, 0.4) is 0 Å². The molecule has 1 rings (SSSR count). The summed E-state index contributed by atoms with van der Waals surface area (Å²) in [5.41, 5.74) is 0. The maximum absolute atomic E-state index is 11.8. The smallest absolute Gasteiger partial charge is 0.222 e. The van der Waals surface area contributed by atoms with Crippen molar-refractivity contribution in [3.8, 4) is 0 Å². The van der Waals surface area contributed by atoms with Gasteiger partial charge in [-0.1, -0.05) is 19.4 Å². The lowest BCUT2D eigenvalue weighted by Crippen LogP contribution is -2.40. The van der Waals surface area contributed by atoms with E-state index >= 15 is 0 Å². The van der Waals surface area contributed by atoms with Gasteiger partial charge in [-0.05, 0) is 25.7 Å². The summed E-state index contributed by atoms with van der Waals surface area (Å²) in [4.78, 5) is 13.7. The first-order valence-corrected chi connectivity index (χ1v) is 6.78. The number of hydrogen-bond donors (Lipinski definition) is 0. The highest BCUT2D eigenvalue weighted by molar-refractivity contribution is 5.76. The van der Waals surface area contributed by atoms with Crippen LogP contribution in [0.2, 0.25) is 0 Å². The van der Waals surface area contributed by atoms with E-state index in [0.717, 1.165) is 45.4 Å². The predicted octanol–water partition coefficient (Wildman–Crippen LogP) is 2.76. The fraction of sp³-hybridized carbons (Fsp3) is 0.786. The third-order valence-corrected chi connectivity index (χ3v) is 3.21. The van der Waals surface area contributed by atoms with Gasteiger partial charge in [0.15, 0.2) is 0 Å². The summed E-state index contributed by atoms with van der Waals surface area (Å²) in [7, 11) is 0. The molecule has 0 N–H and O–H groups in total. The molecule has 17 heavy (non-hydrogen) atoms. The lowest BCUT2D eigenvalue weighted by atomic mass is 10.1. The predicted molar refractivity (Wildman–Crippen MR) is 69.9 cm³/mol. The van der Waals surface area contributed by atoms with Crippen molar-refractivity contribution in [2.75, 3.05) is 19.7 Å². The summed E-state index contributed by atoms with van der Waals surface area (Å²) in [6.45, 7) is 8.39. The number of amides is 1. The molecule has 0 aliphatic carbocycles. The fourth-order valence-electron chi connectivity index (χ4n) is 2.05. The Hall–Kier alpha value is -0.830. The van der Waals surface area contributed by atoms with E-state index < -0.39 is 0 Å². The maximum atomic E-state index is 11.8. The molecule has 1 heterocycles. The standard InChI is InChI=1S/C14H25NO2/c1-3-5-7-14(16)15-10-8-13(9-11-15)17-12-6-4-2/h3,13H,1,4-12H2,2H3. The molecule has 3 nitrogen and oxygen atoms in total. The minimum absolute atomic E-state index is 0.261. The SMILES string of the molecule is C=CCCC(=O)N1CCC(OCCCC)CC1. The molecule has 0 aromatic carbocycles. The van der Waals surface area contributed by atoms with Gasteiger partial charge in [-0.25, -0.2) is 0 Å². The first-order chi connectivity index (χ1) is 8.27. The number of piperidine rings is 1. The summed E-state index contributed by atoms with van der Waals surface area (Å²) in [5, 5.41) is 0. The largest absolute Gasteiger partial charge is 0.378 e. The molecule has 0 aromatic heterocycles. The van der Waals surface area contributed by atoms with Gasteiger partial charge in [0.2, 0.25) is 5.91 Å². The van der Waals surface area contributed by atoms with Gasteiger partial charge in [0.25, 0.3) is 0 Å². The van der Waals surface area contributed by atoms with Crippen molar-refractivity contribution >= 4 is 5.91 Å². The molecule has 1 aliphatic heterocycles. The minimum Gasteiger partial charge on any atom is -0.378 e. The summed E-state index contributed by atoms with van der Waals surface area (Å²) < 4.78 is 5.78. The number of carbonyl (C=O) groups excluding carboxylic acids is 1. The molecule has 0 aromatic rings. The Bertz CT molecular complexity index is 232. The number of likely N-dealkylation sites (tertiary alicyclic amines) is 1. The molecule has 3 heteroatoms. The van der Waals surface area contributed by atoms with E-state index in [4.69, 9.17) is 4.74 Å². The summed E-state index contributed by atoms with van der Waals surface area (Å²) in [6.07, 6.45) is 7.85. The molecule has 1 amide bonds. The lowest BCUT2D eigenvalue weighted by Gasteiger charge is -2.32. The fourth-order valence-corrected chi connectivity index (χ4v) is 2.05. The Morgan fingerprint density at radius 3 is 2.76 bits per heavy atom. The molecule has 0 spiro atoms. The minimum atomic E-state index is 0.261. The molecule has 0 radical (unpaired) electrons. The van der Waals surface area contributed by atoms with E-state index in [9.17, 15) is 4.79 Å². The second-order valence-corrected chi connectivity index (χ2v) is 4.63. The Morgan fingerprint density at radius 2 is 2.18 bits per heavy atom. The number of hydrogen-bond acceptors (Lipinski definition) is 2. The zero-order valence-electron chi connectivity index (χ0n) is 11.0. The molecule has 1 aliphatic rings. The number of unbranched alkanes of at least 4 members (excludes halogenated alkanes) is 1. The van der Waals surface area contributed by atoms with Crippen LogP contribution < -0.4 is 0 Å². The Kier molecular flexibility index (Phi) is 6.94. The number of nitrogens with zero attached hydrogens (tertiary/aromatic N) is 1. The van der Waals surface area contributed by atoms with E-state index in [1.807, 2.05) is 4.90 Å². The first kappa shape index (κ1) is 14.2. The number of carbonyl (C=O) groups is 1. The number of allylic oxidation sites excluding steroid dienone is 1. The van der Waals surface area contributed by atoms with Gasteiger partial charge >= 0.3 is 0 Å². The van der Waals surface area contributed by atoms with Crippen LogP contribution in [0.15, 0.2) is 12.7 Å². The molecule has 0 bridgehead atoms. The van der Waals surface area contributed by atoms with Crippen LogP contribution in [-0.4, -0.2) is 36.6 Å². The molecule has 1 fully saturated rings.